The monoisotopic (exact) mass is 382 g/mol. The van der Waals surface area contributed by atoms with E-state index in [1.165, 1.54) is 12.1 Å². The summed E-state index contributed by atoms with van der Waals surface area (Å²) in [7, 11) is 0. The molecule has 0 saturated heterocycles. The van der Waals surface area contributed by atoms with Crippen LogP contribution in [0.3, 0.4) is 0 Å². The Balaban J connectivity index is 1.49. The Kier molecular flexibility index (Phi) is 5.69. The van der Waals surface area contributed by atoms with Crippen molar-refractivity contribution in [2.75, 3.05) is 25.1 Å². The second-order valence-corrected chi connectivity index (χ2v) is 6.18. The van der Waals surface area contributed by atoms with Crippen LogP contribution in [0.4, 0.5) is 5.69 Å². The summed E-state index contributed by atoms with van der Waals surface area (Å²) in [5.41, 5.74) is 2.01. The number of esters is 1. The first kappa shape index (κ1) is 19.1. The van der Waals surface area contributed by atoms with Crippen molar-refractivity contribution >= 4 is 29.3 Å². The van der Waals surface area contributed by atoms with Crippen molar-refractivity contribution in [2.24, 2.45) is 0 Å². The molecule has 0 aliphatic carbocycles. The number of benzene rings is 2. The van der Waals surface area contributed by atoms with Crippen LogP contribution in [-0.2, 0) is 14.3 Å². The number of rotatable bonds is 6. The molecular weight excluding hydrogens is 364 g/mol. The van der Waals surface area contributed by atoms with Gasteiger partial charge in [-0.2, -0.15) is 0 Å². The van der Waals surface area contributed by atoms with Gasteiger partial charge in [-0.25, -0.2) is 0 Å². The average molecular weight is 382 g/mol. The third-order valence-corrected chi connectivity index (χ3v) is 3.97. The molecule has 0 saturated carbocycles. The molecule has 0 bridgehead atoms. The second kappa shape index (κ2) is 8.34. The van der Waals surface area contributed by atoms with Crippen molar-refractivity contribution in [2.45, 2.75) is 6.92 Å². The zero-order valence-corrected chi connectivity index (χ0v) is 15.1. The molecule has 1 heterocycles. The van der Waals surface area contributed by atoms with Gasteiger partial charge in [0.1, 0.15) is 12.3 Å². The summed E-state index contributed by atoms with van der Waals surface area (Å²) in [6.07, 6.45) is 0. The Morgan fingerprint density at radius 1 is 1.14 bits per heavy atom. The van der Waals surface area contributed by atoms with E-state index in [-0.39, 0.29) is 24.6 Å². The Hall–Kier alpha value is -3.68. The maximum Gasteiger partial charge on any atom is 0.325 e. The highest BCUT2D eigenvalue weighted by atomic mass is 16.5. The van der Waals surface area contributed by atoms with Gasteiger partial charge in [0.05, 0.1) is 5.69 Å². The largest absolute Gasteiger partial charge is 0.482 e. The van der Waals surface area contributed by atoms with Crippen LogP contribution in [0.15, 0.2) is 42.5 Å². The Labute approximate surface area is 160 Å². The van der Waals surface area contributed by atoms with Gasteiger partial charge >= 0.3 is 5.97 Å². The maximum atomic E-state index is 12.2. The van der Waals surface area contributed by atoms with Crippen molar-refractivity contribution in [1.82, 2.24) is 5.32 Å². The molecule has 1 aliphatic rings. The normalized spacial score (nSPS) is 12.2. The fourth-order valence-electron chi connectivity index (χ4n) is 2.58. The number of ketones is 1. The second-order valence-electron chi connectivity index (χ2n) is 6.18. The van der Waals surface area contributed by atoms with Crippen molar-refractivity contribution in [1.29, 1.82) is 0 Å². The fraction of sp³-hybridized carbons (Fsp3) is 0.200. The molecule has 0 atom stereocenters. The zero-order chi connectivity index (χ0) is 20.1. The highest BCUT2D eigenvalue weighted by molar-refractivity contribution is 6.02. The minimum atomic E-state index is -0.732. The van der Waals surface area contributed by atoms with Gasteiger partial charge in [0.2, 0.25) is 0 Å². The molecule has 1 aliphatic heterocycles. The highest BCUT2D eigenvalue weighted by Gasteiger charge is 2.18. The van der Waals surface area contributed by atoms with Crippen molar-refractivity contribution < 1.29 is 28.7 Å². The number of carbonyl (C=O) groups excluding carboxylic acids is 4. The van der Waals surface area contributed by atoms with Gasteiger partial charge in [0.25, 0.3) is 11.8 Å². The van der Waals surface area contributed by atoms with E-state index in [1.54, 1.807) is 24.3 Å². The number of ether oxygens (including phenoxy) is 2. The van der Waals surface area contributed by atoms with Crippen molar-refractivity contribution in [3.8, 4) is 5.75 Å². The molecule has 0 spiro atoms. The molecule has 2 amide bonds. The number of aryl methyl sites for hydroxylation is 1. The van der Waals surface area contributed by atoms with E-state index in [1.807, 2.05) is 13.0 Å². The lowest BCUT2D eigenvalue weighted by atomic mass is 10.1. The molecule has 3 rings (SSSR count). The van der Waals surface area contributed by atoms with Gasteiger partial charge in [-0.15, -0.1) is 0 Å². The molecule has 0 unspecified atom stereocenters. The molecule has 0 radical (unpaired) electrons. The van der Waals surface area contributed by atoms with Gasteiger partial charge < -0.3 is 20.1 Å². The molecular formula is C20H18N2O6. The first-order valence-corrected chi connectivity index (χ1v) is 8.53. The SMILES string of the molecule is Cc1cccc(C(=O)NCC(=O)OCC(=O)c2ccc3c(c2)NC(=O)CO3)c1. The van der Waals surface area contributed by atoms with Gasteiger partial charge in [0, 0.05) is 11.1 Å². The van der Waals surface area contributed by atoms with Crippen LogP contribution in [-0.4, -0.2) is 43.3 Å². The molecule has 2 aromatic carbocycles. The Morgan fingerprint density at radius 3 is 2.75 bits per heavy atom. The van der Waals surface area contributed by atoms with Crippen LogP contribution < -0.4 is 15.4 Å². The quantitative estimate of drug-likeness (QED) is 0.578. The number of nitrogens with one attached hydrogen (secondary N) is 2. The van der Waals surface area contributed by atoms with Gasteiger partial charge in [-0.1, -0.05) is 17.7 Å². The van der Waals surface area contributed by atoms with E-state index < -0.39 is 24.3 Å². The Morgan fingerprint density at radius 2 is 1.96 bits per heavy atom. The van der Waals surface area contributed by atoms with Crippen LogP contribution >= 0.6 is 0 Å². The number of carbonyl (C=O) groups is 4. The van der Waals surface area contributed by atoms with Crippen LogP contribution in [0.25, 0.3) is 0 Å². The average Bonchev–Trinajstić information content (AvgIpc) is 2.69. The summed E-state index contributed by atoms with van der Waals surface area (Å²) < 4.78 is 10.1. The summed E-state index contributed by atoms with van der Waals surface area (Å²) in [6.45, 7) is 0.946. The van der Waals surface area contributed by atoms with Gasteiger partial charge in [0.15, 0.2) is 19.0 Å². The van der Waals surface area contributed by atoms with E-state index in [0.29, 0.717) is 17.0 Å². The van der Waals surface area contributed by atoms with E-state index in [4.69, 9.17) is 9.47 Å². The van der Waals surface area contributed by atoms with E-state index >= 15 is 0 Å². The van der Waals surface area contributed by atoms with Crippen LogP contribution in [0.5, 0.6) is 5.75 Å². The maximum absolute atomic E-state index is 12.2. The minimum absolute atomic E-state index is 0.0772. The lowest BCUT2D eigenvalue weighted by Crippen LogP contribution is -2.31. The third kappa shape index (κ3) is 4.73. The highest BCUT2D eigenvalue weighted by Crippen LogP contribution is 2.28. The molecule has 28 heavy (non-hydrogen) atoms. The number of Topliss-reactive ketones (excluding diaryl/α,β-unsaturated/α-hetero) is 1. The lowest BCUT2D eigenvalue weighted by Gasteiger charge is -2.18. The smallest absolute Gasteiger partial charge is 0.325 e. The number of hydrogen-bond acceptors (Lipinski definition) is 6. The van der Waals surface area contributed by atoms with Crippen LogP contribution in [0.1, 0.15) is 26.3 Å². The number of anilines is 1. The number of amides is 2. The molecule has 2 N–H and O–H groups in total. The molecule has 0 aromatic heterocycles. The molecule has 0 fully saturated rings. The molecule has 8 nitrogen and oxygen atoms in total. The zero-order valence-electron chi connectivity index (χ0n) is 15.1. The molecule has 2 aromatic rings. The van der Waals surface area contributed by atoms with Gasteiger partial charge in [-0.05, 0) is 37.3 Å². The van der Waals surface area contributed by atoms with E-state index in [2.05, 4.69) is 10.6 Å². The van der Waals surface area contributed by atoms with Crippen molar-refractivity contribution in [3.63, 3.8) is 0 Å². The number of fused-ring (bicyclic) bond motifs is 1. The number of hydrogen-bond donors (Lipinski definition) is 2. The minimum Gasteiger partial charge on any atom is -0.482 e. The van der Waals surface area contributed by atoms with Crippen LogP contribution in [0.2, 0.25) is 0 Å². The predicted molar refractivity (Wildman–Crippen MR) is 99.4 cm³/mol. The standard InChI is InChI=1S/C20H18N2O6/c1-12-3-2-4-14(7-12)20(26)21-9-19(25)28-10-16(23)13-5-6-17-15(8-13)22-18(24)11-27-17/h2-8H,9-11H2,1H3,(H,21,26)(H,22,24). The van der Waals surface area contributed by atoms with E-state index in [0.717, 1.165) is 5.56 Å². The third-order valence-electron chi connectivity index (χ3n) is 3.97. The van der Waals surface area contributed by atoms with Gasteiger partial charge in [-0.3, -0.25) is 19.2 Å². The summed E-state index contributed by atoms with van der Waals surface area (Å²) in [4.78, 5) is 47.3. The van der Waals surface area contributed by atoms with E-state index in [9.17, 15) is 19.2 Å². The van der Waals surface area contributed by atoms with Crippen LogP contribution in [0, 0.1) is 6.92 Å². The fourth-order valence-corrected chi connectivity index (χ4v) is 2.58. The molecule has 144 valence electrons. The summed E-state index contributed by atoms with van der Waals surface area (Å²) in [6, 6.07) is 11.5. The van der Waals surface area contributed by atoms with Crippen molar-refractivity contribution in [3.05, 3.63) is 59.2 Å². The predicted octanol–water partition coefficient (Wildman–Crippen LogP) is 1.48. The lowest BCUT2D eigenvalue weighted by molar-refractivity contribution is -0.141. The first-order valence-electron chi connectivity index (χ1n) is 8.53. The summed E-state index contributed by atoms with van der Waals surface area (Å²) in [5.74, 6) is -1.43. The summed E-state index contributed by atoms with van der Waals surface area (Å²) in [5, 5.41) is 5.05. The molecule has 8 heteroatoms. The summed E-state index contributed by atoms with van der Waals surface area (Å²) >= 11 is 0. The Bertz CT molecular complexity index is 953. The topological polar surface area (TPSA) is 111 Å². The first-order chi connectivity index (χ1) is 13.4.